The minimum Gasteiger partial charge on any atom is -0.493 e. The molecule has 0 aromatic heterocycles. The lowest BCUT2D eigenvalue weighted by Gasteiger charge is -2.40. The van der Waals surface area contributed by atoms with Crippen LogP contribution in [0.25, 0.3) is 0 Å². The number of hydrogen-bond donors (Lipinski definition) is 0. The first-order chi connectivity index (χ1) is 14.5. The smallest absolute Gasteiger partial charge is 0.226 e. The maximum atomic E-state index is 13.6. The van der Waals surface area contributed by atoms with Crippen LogP contribution in [0.3, 0.4) is 0 Å². The minimum absolute atomic E-state index is 0.0494. The van der Waals surface area contributed by atoms with Crippen molar-refractivity contribution < 1.29 is 14.3 Å². The van der Waals surface area contributed by atoms with Crippen LogP contribution >= 0.6 is 11.6 Å². The molecule has 162 valence electrons. The normalized spacial score (nSPS) is 16.7. The van der Waals surface area contributed by atoms with Gasteiger partial charge in [0.1, 0.15) is 0 Å². The Bertz CT molecular complexity index is 883. The van der Waals surface area contributed by atoms with Gasteiger partial charge in [-0.2, -0.15) is 0 Å². The van der Waals surface area contributed by atoms with E-state index in [1.165, 1.54) is 5.56 Å². The van der Waals surface area contributed by atoms with E-state index in [0.29, 0.717) is 17.3 Å². The number of fused-ring (bicyclic) bond motifs is 1. The molecule has 0 saturated heterocycles. The van der Waals surface area contributed by atoms with Crippen LogP contribution in [-0.4, -0.2) is 31.6 Å². The fourth-order valence-corrected chi connectivity index (χ4v) is 4.61. The van der Waals surface area contributed by atoms with Gasteiger partial charge in [0.25, 0.3) is 0 Å². The number of hydrogen-bond acceptors (Lipinski definition) is 3. The molecule has 0 spiro atoms. The maximum Gasteiger partial charge on any atom is 0.226 e. The average molecular weight is 430 g/mol. The van der Waals surface area contributed by atoms with Crippen LogP contribution in [0.2, 0.25) is 5.02 Å². The predicted molar refractivity (Wildman–Crippen MR) is 122 cm³/mol. The molecule has 30 heavy (non-hydrogen) atoms. The van der Waals surface area contributed by atoms with Gasteiger partial charge in [-0.1, -0.05) is 50.4 Å². The minimum atomic E-state index is -0.185. The van der Waals surface area contributed by atoms with Crippen molar-refractivity contribution in [2.75, 3.05) is 20.8 Å². The number of amides is 1. The first-order valence-electron chi connectivity index (χ1n) is 10.8. The molecule has 2 atom stereocenters. The molecule has 0 saturated carbocycles. The second kappa shape index (κ2) is 10.2. The summed E-state index contributed by atoms with van der Waals surface area (Å²) in [5.41, 5.74) is 3.29. The molecule has 5 heteroatoms. The highest BCUT2D eigenvalue weighted by Gasteiger charge is 2.35. The van der Waals surface area contributed by atoms with Crippen molar-refractivity contribution in [3.05, 3.63) is 58.1 Å². The summed E-state index contributed by atoms with van der Waals surface area (Å²) in [5.74, 6) is 1.68. The third kappa shape index (κ3) is 4.59. The number of carbonyl (C=O) groups is 1. The molecule has 2 aromatic rings. The van der Waals surface area contributed by atoms with E-state index in [1.807, 2.05) is 35.2 Å². The molecule has 0 radical (unpaired) electrons. The first-order valence-corrected chi connectivity index (χ1v) is 11.2. The number of carbonyl (C=O) groups excluding carboxylic acids is 1. The van der Waals surface area contributed by atoms with E-state index in [9.17, 15) is 4.79 Å². The number of methoxy groups -OCH3 is 2. The van der Waals surface area contributed by atoms with Gasteiger partial charge in [0.05, 0.1) is 20.3 Å². The molecular formula is C25H32ClNO3. The molecule has 1 heterocycles. The summed E-state index contributed by atoms with van der Waals surface area (Å²) in [6.07, 6.45) is 4.76. The third-order valence-electron chi connectivity index (χ3n) is 6.07. The SMILES string of the molecule is CCCC[C@@H](CC)C(=O)N1CCc2cc(OC)c(OC)cc2[C@H]1c1cccc(Cl)c1. The van der Waals surface area contributed by atoms with Crippen LogP contribution in [-0.2, 0) is 11.2 Å². The zero-order chi connectivity index (χ0) is 21.7. The van der Waals surface area contributed by atoms with Crippen molar-refractivity contribution >= 4 is 17.5 Å². The zero-order valence-corrected chi connectivity index (χ0v) is 19.2. The summed E-state index contributed by atoms with van der Waals surface area (Å²) in [5, 5.41) is 0.672. The van der Waals surface area contributed by atoms with Crippen LogP contribution in [0.5, 0.6) is 11.5 Å². The van der Waals surface area contributed by atoms with Gasteiger partial charge in [-0.15, -0.1) is 0 Å². The van der Waals surface area contributed by atoms with Gasteiger partial charge < -0.3 is 14.4 Å². The van der Waals surface area contributed by atoms with Crippen LogP contribution in [0.4, 0.5) is 0 Å². The molecule has 3 rings (SSSR count). The van der Waals surface area contributed by atoms with Gasteiger partial charge in [0.2, 0.25) is 5.91 Å². The third-order valence-corrected chi connectivity index (χ3v) is 6.30. The molecule has 4 nitrogen and oxygen atoms in total. The van der Waals surface area contributed by atoms with Crippen molar-refractivity contribution in [1.29, 1.82) is 0 Å². The van der Waals surface area contributed by atoms with Gasteiger partial charge in [0.15, 0.2) is 11.5 Å². The summed E-state index contributed by atoms with van der Waals surface area (Å²) in [6, 6.07) is 11.7. The quantitative estimate of drug-likeness (QED) is 0.512. The Hall–Kier alpha value is -2.20. The first kappa shape index (κ1) is 22.5. The Morgan fingerprint density at radius 1 is 1.17 bits per heavy atom. The lowest BCUT2D eigenvalue weighted by atomic mass is 9.86. The molecule has 1 aliphatic heterocycles. The highest BCUT2D eigenvalue weighted by molar-refractivity contribution is 6.30. The Balaban J connectivity index is 2.09. The molecule has 0 fully saturated rings. The second-order valence-corrected chi connectivity index (χ2v) is 8.33. The Morgan fingerprint density at radius 2 is 1.90 bits per heavy atom. The fourth-order valence-electron chi connectivity index (χ4n) is 4.41. The van der Waals surface area contributed by atoms with E-state index in [4.69, 9.17) is 21.1 Å². The number of unbranched alkanes of at least 4 members (excludes halogenated alkanes) is 1. The van der Waals surface area contributed by atoms with E-state index in [2.05, 4.69) is 19.9 Å². The number of rotatable bonds is 8. The van der Waals surface area contributed by atoms with Gasteiger partial charge in [0, 0.05) is 17.5 Å². The highest BCUT2D eigenvalue weighted by Crippen LogP contribution is 2.42. The number of ether oxygens (including phenoxy) is 2. The Labute approximate surface area is 185 Å². The molecule has 0 N–H and O–H groups in total. The van der Waals surface area contributed by atoms with Crippen molar-refractivity contribution in [3.8, 4) is 11.5 Å². The zero-order valence-electron chi connectivity index (χ0n) is 18.4. The Kier molecular flexibility index (Phi) is 7.65. The van der Waals surface area contributed by atoms with Crippen molar-refractivity contribution in [2.45, 2.75) is 52.0 Å². The molecule has 1 aliphatic rings. The number of benzene rings is 2. The second-order valence-electron chi connectivity index (χ2n) is 7.89. The topological polar surface area (TPSA) is 38.8 Å². The van der Waals surface area contributed by atoms with Crippen molar-refractivity contribution in [2.24, 2.45) is 5.92 Å². The highest BCUT2D eigenvalue weighted by atomic mass is 35.5. The van der Waals surface area contributed by atoms with Gasteiger partial charge >= 0.3 is 0 Å². The number of nitrogens with zero attached hydrogens (tertiary/aromatic N) is 1. The molecule has 1 amide bonds. The van der Waals surface area contributed by atoms with Gasteiger partial charge in [-0.3, -0.25) is 4.79 Å². The monoisotopic (exact) mass is 429 g/mol. The largest absolute Gasteiger partial charge is 0.493 e. The van der Waals surface area contributed by atoms with E-state index >= 15 is 0 Å². The lowest BCUT2D eigenvalue weighted by molar-refractivity contribution is -0.138. The average Bonchev–Trinajstić information content (AvgIpc) is 2.77. The lowest BCUT2D eigenvalue weighted by Crippen LogP contribution is -2.43. The molecular weight excluding hydrogens is 398 g/mol. The summed E-state index contributed by atoms with van der Waals surface area (Å²) >= 11 is 6.33. The molecule has 0 bridgehead atoms. The van der Waals surface area contributed by atoms with E-state index < -0.39 is 0 Å². The summed E-state index contributed by atoms with van der Waals surface area (Å²) in [4.78, 5) is 15.7. The van der Waals surface area contributed by atoms with Crippen molar-refractivity contribution in [1.82, 2.24) is 4.90 Å². The predicted octanol–water partition coefficient (Wildman–Crippen LogP) is 6.05. The van der Waals surface area contributed by atoms with Crippen LogP contribution in [0.1, 0.15) is 62.3 Å². The standard InChI is InChI=1S/C25H32ClNO3/c1-5-7-9-17(6-2)25(28)27-13-12-18-15-22(29-3)23(30-4)16-21(18)24(27)19-10-8-11-20(26)14-19/h8,10-11,14-17,24H,5-7,9,12-13H2,1-4H3/t17-,24-/m1/s1. The molecule has 2 aromatic carbocycles. The summed E-state index contributed by atoms with van der Waals surface area (Å²) in [6.45, 7) is 4.96. The fraction of sp³-hybridized carbons (Fsp3) is 0.480. The van der Waals surface area contributed by atoms with Gasteiger partial charge in [-0.05, 0) is 60.2 Å². The van der Waals surface area contributed by atoms with E-state index in [1.54, 1.807) is 14.2 Å². The Morgan fingerprint density at radius 3 is 2.53 bits per heavy atom. The van der Waals surface area contributed by atoms with E-state index in [0.717, 1.165) is 49.0 Å². The number of halogens is 1. The van der Waals surface area contributed by atoms with Crippen LogP contribution in [0.15, 0.2) is 36.4 Å². The van der Waals surface area contributed by atoms with Crippen LogP contribution < -0.4 is 9.47 Å². The summed E-state index contributed by atoms with van der Waals surface area (Å²) < 4.78 is 11.1. The van der Waals surface area contributed by atoms with Gasteiger partial charge in [-0.25, -0.2) is 0 Å². The summed E-state index contributed by atoms with van der Waals surface area (Å²) in [7, 11) is 3.29. The maximum absolute atomic E-state index is 13.6. The van der Waals surface area contributed by atoms with Crippen LogP contribution in [0, 0.1) is 5.92 Å². The van der Waals surface area contributed by atoms with Crippen molar-refractivity contribution in [3.63, 3.8) is 0 Å². The molecule has 0 unspecified atom stereocenters. The molecule has 0 aliphatic carbocycles. The van der Waals surface area contributed by atoms with E-state index in [-0.39, 0.29) is 17.9 Å².